The van der Waals surface area contributed by atoms with Crippen LogP contribution in [0.2, 0.25) is 0 Å². The molecule has 2 aromatic rings. The Labute approximate surface area is 205 Å². The van der Waals surface area contributed by atoms with Crippen molar-refractivity contribution in [2.45, 2.75) is 45.8 Å². The monoisotopic (exact) mass is 510 g/mol. The number of hydrogen-bond acceptors (Lipinski definition) is 4. The minimum Gasteiger partial charge on any atom is -0.352 e. The number of carbonyl (C=O) groups excluding carboxylic acids is 2. The predicted molar refractivity (Wildman–Crippen MR) is 131 cm³/mol. The Hall–Kier alpha value is -3.05. The highest BCUT2D eigenvalue weighted by Gasteiger charge is 2.32. The van der Waals surface area contributed by atoms with Crippen molar-refractivity contribution in [3.05, 3.63) is 65.7 Å². The fraction of sp³-hybridized carbons (Fsp3) is 0.417. The maximum atomic E-state index is 13.5. The number of amides is 2. The lowest BCUT2D eigenvalue weighted by molar-refractivity contribution is -0.139. The lowest BCUT2D eigenvalue weighted by atomic mass is 10.1. The van der Waals surface area contributed by atoms with Crippen LogP contribution in [-0.4, -0.2) is 62.2 Å². The lowest BCUT2D eigenvalue weighted by Gasteiger charge is -2.33. The average molecular weight is 511 g/mol. The van der Waals surface area contributed by atoms with Gasteiger partial charge in [-0.3, -0.25) is 9.59 Å². The summed E-state index contributed by atoms with van der Waals surface area (Å²) in [5, 5.41) is 2.82. The van der Waals surface area contributed by atoms with E-state index in [4.69, 9.17) is 0 Å². The Morgan fingerprint density at radius 1 is 0.943 bits per heavy atom. The van der Waals surface area contributed by atoms with Gasteiger partial charge in [-0.25, -0.2) is 13.1 Å². The summed E-state index contributed by atoms with van der Waals surface area (Å²) in [6, 6.07) is 9.09. The molecule has 0 spiro atoms. The van der Waals surface area contributed by atoms with E-state index in [-0.39, 0.29) is 18.3 Å². The van der Waals surface area contributed by atoms with Gasteiger partial charge >= 0.3 is 10.2 Å². The van der Waals surface area contributed by atoms with Crippen molar-refractivity contribution >= 4 is 27.7 Å². The van der Waals surface area contributed by atoms with Crippen molar-refractivity contribution in [2.24, 2.45) is 0 Å². The summed E-state index contributed by atoms with van der Waals surface area (Å²) in [5.74, 6) is -2.07. The largest absolute Gasteiger partial charge is 0.352 e. The summed E-state index contributed by atoms with van der Waals surface area (Å²) in [6.07, 6.45) is 0.684. The van der Waals surface area contributed by atoms with Gasteiger partial charge in [-0.05, 0) is 62.2 Å². The maximum Gasteiger partial charge on any atom is 0.304 e. The Kier molecular flexibility index (Phi) is 9.73. The molecule has 0 aliphatic rings. The van der Waals surface area contributed by atoms with E-state index in [1.54, 1.807) is 6.92 Å². The van der Waals surface area contributed by atoms with Crippen LogP contribution in [0.15, 0.2) is 48.5 Å². The highest BCUT2D eigenvalue weighted by atomic mass is 32.2. The van der Waals surface area contributed by atoms with Gasteiger partial charge in [-0.15, -0.1) is 0 Å². The average Bonchev–Trinajstić information content (AvgIpc) is 2.81. The quantitative estimate of drug-likeness (QED) is 0.503. The van der Waals surface area contributed by atoms with E-state index in [9.17, 15) is 26.8 Å². The number of nitrogens with zero attached hydrogens (tertiary/aromatic N) is 3. The highest BCUT2D eigenvalue weighted by Crippen LogP contribution is 2.21. The molecule has 8 nitrogen and oxygen atoms in total. The van der Waals surface area contributed by atoms with E-state index in [0.717, 1.165) is 20.7 Å². The van der Waals surface area contributed by atoms with Gasteiger partial charge in [0.25, 0.3) is 0 Å². The van der Waals surface area contributed by atoms with Gasteiger partial charge < -0.3 is 10.2 Å². The van der Waals surface area contributed by atoms with E-state index < -0.39 is 46.2 Å². The van der Waals surface area contributed by atoms with Crippen LogP contribution in [0.25, 0.3) is 0 Å². The van der Waals surface area contributed by atoms with Gasteiger partial charge in [-0.1, -0.05) is 19.1 Å². The molecule has 0 fully saturated rings. The SMILES string of the molecule is CC[C@H](C)NC(=O)[C@@H](C)N(Cc1ccc(F)cc1)C(=O)CN(c1ccc(F)cc1)S(=O)(=O)N(C)C. The van der Waals surface area contributed by atoms with E-state index in [1.807, 2.05) is 13.8 Å². The minimum atomic E-state index is -4.13. The topological polar surface area (TPSA) is 90.0 Å². The standard InChI is InChI=1S/C24H32F2N4O4S/c1-6-17(2)27-24(32)18(3)29(15-19-7-9-20(25)10-8-19)23(31)16-30(35(33,34)28(4)5)22-13-11-21(26)12-14-22/h7-14,17-18H,6,15-16H2,1-5H3,(H,27,32)/t17-,18+/m0/s1. The van der Waals surface area contributed by atoms with Crippen LogP contribution in [0, 0.1) is 11.6 Å². The zero-order valence-electron chi connectivity index (χ0n) is 20.5. The first kappa shape index (κ1) is 28.2. The lowest BCUT2D eigenvalue weighted by Crippen LogP contribution is -2.53. The molecular weight excluding hydrogens is 478 g/mol. The number of nitrogens with one attached hydrogen (secondary N) is 1. The second-order valence-corrected chi connectivity index (χ2v) is 10.5. The number of rotatable bonds is 11. The van der Waals surface area contributed by atoms with E-state index >= 15 is 0 Å². The molecule has 0 radical (unpaired) electrons. The molecule has 2 rings (SSSR count). The second-order valence-electron chi connectivity index (χ2n) is 8.42. The maximum absolute atomic E-state index is 13.5. The van der Waals surface area contributed by atoms with Crippen LogP contribution in [-0.2, 0) is 26.3 Å². The molecule has 0 heterocycles. The van der Waals surface area contributed by atoms with Crippen molar-refractivity contribution in [2.75, 3.05) is 24.9 Å². The molecule has 192 valence electrons. The molecule has 0 saturated carbocycles. The first-order chi connectivity index (χ1) is 16.4. The summed E-state index contributed by atoms with van der Waals surface area (Å²) < 4.78 is 54.7. The Morgan fingerprint density at radius 2 is 1.46 bits per heavy atom. The molecule has 35 heavy (non-hydrogen) atoms. The zero-order valence-corrected chi connectivity index (χ0v) is 21.4. The first-order valence-corrected chi connectivity index (χ1v) is 12.6. The second kappa shape index (κ2) is 12.1. The van der Waals surface area contributed by atoms with Gasteiger partial charge in [0.2, 0.25) is 11.8 Å². The minimum absolute atomic E-state index is 0.0481. The summed E-state index contributed by atoms with van der Waals surface area (Å²) >= 11 is 0. The van der Waals surface area contributed by atoms with E-state index in [2.05, 4.69) is 5.32 Å². The van der Waals surface area contributed by atoms with Crippen molar-refractivity contribution in [1.29, 1.82) is 0 Å². The molecule has 0 unspecified atom stereocenters. The van der Waals surface area contributed by atoms with Crippen molar-refractivity contribution < 1.29 is 26.8 Å². The number of halogens is 2. The number of anilines is 1. The van der Waals surface area contributed by atoms with Crippen LogP contribution in [0.3, 0.4) is 0 Å². The molecule has 0 aromatic heterocycles. The van der Waals surface area contributed by atoms with Crippen LogP contribution in [0.4, 0.5) is 14.5 Å². The predicted octanol–water partition coefficient (Wildman–Crippen LogP) is 2.91. The third-order valence-electron chi connectivity index (χ3n) is 5.57. The molecular formula is C24H32F2N4O4S. The Balaban J connectivity index is 2.43. The highest BCUT2D eigenvalue weighted by molar-refractivity contribution is 7.90. The third-order valence-corrected chi connectivity index (χ3v) is 7.39. The summed E-state index contributed by atoms with van der Waals surface area (Å²) in [4.78, 5) is 27.6. The Morgan fingerprint density at radius 3 is 1.94 bits per heavy atom. The smallest absolute Gasteiger partial charge is 0.304 e. The van der Waals surface area contributed by atoms with Gasteiger partial charge in [0.1, 0.15) is 24.2 Å². The fourth-order valence-electron chi connectivity index (χ4n) is 3.16. The van der Waals surface area contributed by atoms with E-state index in [0.29, 0.717) is 12.0 Å². The van der Waals surface area contributed by atoms with Crippen LogP contribution >= 0.6 is 0 Å². The number of benzene rings is 2. The van der Waals surface area contributed by atoms with Gasteiger partial charge in [0.15, 0.2) is 0 Å². The molecule has 0 aliphatic carbocycles. The fourth-order valence-corrected chi connectivity index (χ4v) is 4.21. The van der Waals surface area contributed by atoms with Crippen LogP contribution in [0.1, 0.15) is 32.8 Å². The number of hydrogen-bond donors (Lipinski definition) is 1. The molecule has 0 bridgehead atoms. The molecule has 2 atom stereocenters. The number of carbonyl (C=O) groups is 2. The van der Waals surface area contributed by atoms with Crippen molar-refractivity contribution in [3.8, 4) is 0 Å². The molecule has 2 amide bonds. The third kappa shape index (κ3) is 7.46. The van der Waals surface area contributed by atoms with Gasteiger partial charge in [0, 0.05) is 26.7 Å². The first-order valence-electron chi connectivity index (χ1n) is 11.2. The summed E-state index contributed by atoms with van der Waals surface area (Å²) in [6.45, 7) is 4.60. The molecule has 0 saturated heterocycles. The molecule has 2 aromatic carbocycles. The summed E-state index contributed by atoms with van der Waals surface area (Å²) in [5.41, 5.74) is 0.652. The van der Waals surface area contributed by atoms with Gasteiger partial charge in [0.05, 0.1) is 5.69 Å². The normalized spacial score (nSPS) is 13.3. The van der Waals surface area contributed by atoms with Gasteiger partial charge in [-0.2, -0.15) is 12.7 Å². The van der Waals surface area contributed by atoms with E-state index in [1.165, 1.54) is 55.4 Å². The zero-order chi connectivity index (χ0) is 26.3. The molecule has 0 aliphatic heterocycles. The van der Waals surface area contributed by atoms with Crippen molar-refractivity contribution in [3.63, 3.8) is 0 Å². The van der Waals surface area contributed by atoms with Crippen molar-refractivity contribution in [1.82, 2.24) is 14.5 Å². The van der Waals surface area contributed by atoms with Crippen LogP contribution < -0.4 is 9.62 Å². The summed E-state index contributed by atoms with van der Waals surface area (Å²) in [7, 11) is -1.51. The molecule has 1 N–H and O–H groups in total. The molecule has 11 heteroatoms. The van der Waals surface area contributed by atoms with Crippen LogP contribution in [0.5, 0.6) is 0 Å². The Bertz CT molecular complexity index is 1110.